The van der Waals surface area contributed by atoms with Crippen LogP contribution in [0.5, 0.6) is 0 Å². The van der Waals surface area contributed by atoms with Crippen LogP contribution in [0, 0.1) is 35.5 Å². The second kappa shape index (κ2) is 14.6. The quantitative estimate of drug-likeness (QED) is 0.124. The van der Waals surface area contributed by atoms with Gasteiger partial charge < -0.3 is 4.74 Å². The van der Waals surface area contributed by atoms with Crippen molar-refractivity contribution in [1.82, 2.24) is 0 Å². The van der Waals surface area contributed by atoms with E-state index in [0.29, 0.717) is 35.5 Å². The van der Waals surface area contributed by atoms with E-state index in [0.717, 1.165) is 79.4 Å². The Morgan fingerprint density at radius 1 is 0.800 bits per heavy atom. The van der Waals surface area contributed by atoms with Crippen LogP contribution in [0.15, 0.2) is 68.6 Å². The van der Waals surface area contributed by atoms with Crippen molar-refractivity contribution in [2.45, 2.75) is 114 Å². The van der Waals surface area contributed by atoms with Crippen molar-refractivity contribution in [1.29, 1.82) is 0 Å². The lowest BCUT2D eigenvalue weighted by Crippen LogP contribution is -2.40. The predicted molar refractivity (Wildman–Crippen MR) is 180 cm³/mol. The van der Waals surface area contributed by atoms with Crippen LogP contribution in [0.3, 0.4) is 0 Å². The van der Waals surface area contributed by atoms with Gasteiger partial charge in [-0.05, 0) is 129 Å². The summed E-state index contributed by atoms with van der Waals surface area (Å²) in [5.74, 6) is 2.15. The highest BCUT2D eigenvalue weighted by atomic mass is 16.5. The average molecular weight is 615 g/mol. The Kier molecular flexibility index (Phi) is 11.3. The molecule has 0 spiro atoms. The second-order valence-corrected chi connectivity index (χ2v) is 14.7. The average Bonchev–Trinajstić information content (AvgIpc) is 2.98. The number of ether oxygens (including phenoxy) is 1. The van der Waals surface area contributed by atoms with Gasteiger partial charge in [-0.2, -0.15) is 0 Å². The van der Waals surface area contributed by atoms with Crippen molar-refractivity contribution in [3.63, 3.8) is 0 Å². The van der Waals surface area contributed by atoms with Crippen molar-refractivity contribution in [3.05, 3.63) is 68.6 Å². The summed E-state index contributed by atoms with van der Waals surface area (Å²) in [6.45, 7) is 19.0. The molecule has 0 aromatic heterocycles. The van der Waals surface area contributed by atoms with E-state index < -0.39 is 0 Å². The highest BCUT2D eigenvalue weighted by Gasteiger charge is 2.46. The summed E-state index contributed by atoms with van der Waals surface area (Å²) in [5, 5.41) is 0. The third-order valence-electron chi connectivity index (χ3n) is 10.7. The smallest absolute Gasteiger partial charge is 0.232 e. The van der Waals surface area contributed by atoms with Gasteiger partial charge in [0.2, 0.25) is 11.6 Å². The summed E-state index contributed by atoms with van der Waals surface area (Å²) >= 11 is 0. The monoisotopic (exact) mass is 614 g/mol. The first-order valence-electron chi connectivity index (χ1n) is 17.2. The molecule has 0 bridgehead atoms. The van der Waals surface area contributed by atoms with Crippen LogP contribution in [0.25, 0.3) is 0 Å². The molecule has 5 aliphatic rings. The van der Waals surface area contributed by atoms with Gasteiger partial charge in [0.05, 0.1) is 6.61 Å². The van der Waals surface area contributed by atoms with E-state index >= 15 is 0 Å². The third kappa shape index (κ3) is 7.34. The topological polar surface area (TPSA) is 77.5 Å². The summed E-state index contributed by atoms with van der Waals surface area (Å²) in [5.41, 5.74) is 7.27. The Balaban J connectivity index is 0.000000205. The Bertz CT molecular complexity index is 1430. The van der Waals surface area contributed by atoms with Crippen molar-refractivity contribution in [2.24, 2.45) is 35.5 Å². The minimum Gasteiger partial charge on any atom is -0.493 e. The van der Waals surface area contributed by atoms with Gasteiger partial charge in [-0.15, -0.1) is 0 Å². The normalized spacial score (nSPS) is 28.4. The summed E-state index contributed by atoms with van der Waals surface area (Å²) in [4.78, 5) is 49.8. The van der Waals surface area contributed by atoms with Crippen molar-refractivity contribution < 1.29 is 23.9 Å². The zero-order valence-corrected chi connectivity index (χ0v) is 29.1. The molecule has 1 heterocycles. The molecule has 1 aliphatic heterocycles. The molecule has 6 atom stereocenters. The third-order valence-corrected chi connectivity index (χ3v) is 10.7. The summed E-state index contributed by atoms with van der Waals surface area (Å²) in [7, 11) is 0. The number of hydrogen-bond donors (Lipinski definition) is 0. The van der Waals surface area contributed by atoms with E-state index in [4.69, 9.17) is 4.74 Å². The van der Waals surface area contributed by atoms with Crippen LogP contribution in [-0.2, 0) is 23.9 Å². The first kappa shape index (κ1) is 34.8. The summed E-state index contributed by atoms with van der Waals surface area (Å²) in [6, 6.07) is 0. The van der Waals surface area contributed by atoms with Gasteiger partial charge in [0.1, 0.15) is 5.76 Å². The number of allylic oxidation sites excluding steroid dienone is 11. The Morgan fingerprint density at radius 2 is 1.42 bits per heavy atom. The summed E-state index contributed by atoms with van der Waals surface area (Å²) in [6.07, 6.45) is 14.5. The fourth-order valence-corrected chi connectivity index (χ4v) is 8.06. The van der Waals surface area contributed by atoms with Gasteiger partial charge in [-0.25, -0.2) is 0 Å². The highest BCUT2D eigenvalue weighted by Crippen LogP contribution is 2.49. The number of rotatable bonds is 7. The van der Waals surface area contributed by atoms with Gasteiger partial charge in [-0.3, -0.25) is 19.2 Å². The molecule has 0 aromatic rings. The Labute approximate surface area is 271 Å². The molecular formula is C40H54O5. The zero-order valence-electron chi connectivity index (χ0n) is 29.1. The van der Waals surface area contributed by atoms with Gasteiger partial charge in [0.25, 0.3) is 0 Å². The number of Topliss-reactive ketones (excluding diaryl/α,β-unsaturated/α-hetero) is 3. The predicted octanol–water partition coefficient (Wildman–Crippen LogP) is 8.96. The molecule has 1 saturated heterocycles. The largest absolute Gasteiger partial charge is 0.493 e. The number of ketones is 4. The SMILES string of the molecule is CC(C)=CCC[C@@H]1COC2=C(C)C(=O)C(=O)C3=C2[C@H]1CC[C@H]3C.CC(C)=CCC[C@H](C)[C@@H]1CC[C@@H](C)C2=C1C(=O)C(C)=CC2=O. The second-order valence-electron chi connectivity index (χ2n) is 14.7. The highest BCUT2D eigenvalue weighted by molar-refractivity contribution is 6.50. The van der Waals surface area contributed by atoms with Crippen molar-refractivity contribution in [3.8, 4) is 0 Å². The minimum absolute atomic E-state index is 0.0702. The molecule has 45 heavy (non-hydrogen) atoms. The van der Waals surface area contributed by atoms with E-state index in [2.05, 4.69) is 60.6 Å². The molecule has 0 aromatic carbocycles. The number of carbonyl (C=O) groups excluding carboxylic acids is 4. The zero-order chi connectivity index (χ0) is 33.2. The molecule has 0 saturated carbocycles. The van der Waals surface area contributed by atoms with E-state index in [1.165, 1.54) is 17.2 Å². The number of carbonyl (C=O) groups is 4. The Morgan fingerprint density at radius 3 is 2.09 bits per heavy atom. The lowest BCUT2D eigenvalue weighted by molar-refractivity contribution is -0.133. The van der Waals surface area contributed by atoms with Crippen LogP contribution in [-0.4, -0.2) is 29.7 Å². The van der Waals surface area contributed by atoms with Crippen LogP contribution in [0.1, 0.15) is 114 Å². The van der Waals surface area contributed by atoms with E-state index in [-0.39, 0.29) is 40.9 Å². The molecule has 244 valence electrons. The van der Waals surface area contributed by atoms with Gasteiger partial charge >= 0.3 is 0 Å². The van der Waals surface area contributed by atoms with Crippen LogP contribution < -0.4 is 0 Å². The molecule has 5 nitrogen and oxygen atoms in total. The van der Waals surface area contributed by atoms with Gasteiger partial charge in [0.15, 0.2) is 11.6 Å². The summed E-state index contributed by atoms with van der Waals surface area (Å²) < 4.78 is 6.00. The van der Waals surface area contributed by atoms with Crippen LogP contribution in [0.4, 0.5) is 0 Å². The first-order chi connectivity index (χ1) is 21.2. The molecule has 0 N–H and O–H groups in total. The molecule has 0 radical (unpaired) electrons. The van der Waals surface area contributed by atoms with Crippen LogP contribution >= 0.6 is 0 Å². The van der Waals surface area contributed by atoms with Crippen molar-refractivity contribution >= 4 is 23.1 Å². The molecule has 0 unspecified atom stereocenters. The van der Waals surface area contributed by atoms with E-state index in [1.54, 1.807) is 13.8 Å². The molecule has 0 amide bonds. The molecule has 5 rings (SSSR count). The first-order valence-corrected chi connectivity index (χ1v) is 17.2. The fraction of sp³-hybridized carbons (Fsp3) is 0.600. The van der Waals surface area contributed by atoms with Gasteiger partial charge in [-0.1, -0.05) is 44.1 Å². The maximum atomic E-state index is 12.7. The molecule has 1 fully saturated rings. The maximum Gasteiger partial charge on any atom is 0.232 e. The fourth-order valence-electron chi connectivity index (χ4n) is 8.06. The Hall–Kier alpha value is -3.08. The molecule has 4 aliphatic carbocycles. The van der Waals surface area contributed by atoms with Gasteiger partial charge in [0, 0.05) is 39.4 Å². The number of hydrogen-bond acceptors (Lipinski definition) is 5. The van der Waals surface area contributed by atoms with E-state index in [9.17, 15) is 19.2 Å². The van der Waals surface area contributed by atoms with Crippen LogP contribution in [0.2, 0.25) is 0 Å². The minimum atomic E-state index is -0.366. The standard InChI is InChI=1S/C20H26O3.C20H28O2/c1-11(2)6-5-7-14-10-23-20-13(4)18(21)19(22)16-12(3)8-9-15(14)17(16)20;1-12(2)7-6-8-13(3)16-10-9-14(4)18-17(21)11-15(5)20(22)19(16)18/h6,12,14-15H,5,7-10H2,1-4H3;7,11,13-14,16H,6,8-10H2,1-5H3/t12-,14-,15+;13-,14+,16-/m10/s1. The lowest BCUT2D eigenvalue weighted by atomic mass is 9.65. The molecular weight excluding hydrogens is 560 g/mol. The lowest BCUT2D eigenvalue weighted by Gasteiger charge is -2.43. The van der Waals surface area contributed by atoms with E-state index in [1.807, 2.05) is 0 Å². The maximum absolute atomic E-state index is 12.7. The molecule has 5 heteroatoms. The van der Waals surface area contributed by atoms with Crippen molar-refractivity contribution in [2.75, 3.05) is 6.61 Å².